The lowest BCUT2D eigenvalue weighted by Gasteiger charge is -2.18. The molecular formula is C20H22N4O3S. The molecule has 1 heterocycles. The van der Waals surface area contributed by atoms with E-state index in [9.17, 15) is 13.2 Å². The summed E-state index contributed by atoms with van der Waals surface area (Å²) in [5, 5.41) is 2.81. The first-order valence-electron chi connectivity index (χ1n) is 8.95. The first kappa shape index (κ1) is 19.8. The highest BCUT2D eigenvalue weighted by molar-refractivity contribution is 7.89. The third-order valence-electron chi connectivity index (χ3n) is 4.39. The monoisotopic (exact) mass is 398 g/mol. The predicted molar refractivity (Wildman–Crippen MR) is 108 cm³/mol. The van der Waals surface area contributed by atoms with E-state index in [2.05, 4.69) is 10.3 Å². The molecule has 1 amide bonds. The fraction of sp³-hybridized carbons (Fsp3) is 0.200. The third-order valence-corrected chi connectivity index (χ3v) is 6.45. The van der Waals surface area contributed by atoms with E-state index in [1.807, 2.05) is 22.9 Å². The van der Waals surface area contributed by atoms with E-state index in [1.54, 1.807) is 38.5 Å². The minimum Gasteiger partial charge on any atom is -0.322 e. The number of benzene rings is 2. The smallest absolute Gasteiger partial charge is 0.255 e. The second-order valence-electron chi connectivity index (χ2n) is 6.08. The molecule has 0 aliphatic rings. The van der Waals surface area contributed by atoms with Crippen LogP contribution in [0.3, 0.4) is 0 Å². The topological polar surface area (TPSA) is 84.3 Å². The van der Waals surface area contributed by atoms with Gasteiger partial charge < -0.3 is 9.88 Å². The number of imidazole rings is 1. The van der Waals surface area contributed by atoms with Gasteiger partial charge in [0.05, 0.1) is 11.2 Å². The molecular weight excluding hydrogens is 376 g/mol. The van der Waals surface area contributed by atoms with Gasteiger partial charge in [-0.25, -0.2) is 13.4 Å². The van der Waals surface area contributed by atoms with Crippen molar-refractivity contribution in [1.29, 1.82) is 0 Å². The summed E-state index contributed by atoms with van der Waals surface area (Å²) in [6.45, 7) is 4.38. The molecule has 0 spiro atoms. The number of hydrogen-bond acceptors (Lipinski definition) is 4. The molecule has 0 radical (unpaired) electrons. The van der Waals surface area contributed by atoms with Gasteiger partial charge in [-0.05, 0) is 48.5 Å². The molecule has 0 aliphatic heterocycles. The molecule has 7 nitrogen and oxygen atoms in total. The summed E-state index contributed by atoms with van der Waals surface area (Å²) in [6, 6.07) is 13.3. The van der Waals surface area contributed by atoms with Crippen molar-refractivity contribution >= 4 is 21.6 Å². The Bertz CT molecular complexity index is 1020. The molecule has 0 aliphatic carbocycles. The van der Waals surface area contributed by atoms with Crippen molar-refractivity contribution in [1.82, 2.24) is 13.9 Å². The molecule has 0 atom stereocenters. The van der Waals surface area contributed by atoms with Gasteiger partial charge in [0.1, 0.15) is 0 Å². The molecule has 0 fully saturated rings. The van der Waals surface area contributed by atoms with Gasteiger partial charge in [-0.15, -0.1) is 0 Å². The van der Waals surface area contributed by atoms with Gasteiger partial charge in [-0.1, -0.05) is 13.8 Å². The van der Waals surface area contributed by atoms with E-state index in [-0.39, 0.29) is 10.8 Å². The number of hydrogen-bond donors (Lipinski definition) is 1. The normalized spacial score (nSPS) is 11.5. The van der Waals surface area contributed by atoms with Gasteiger partial charge in [0.2, 0.25) is 10.0 Å². The Morgan fingerprint density at radius 3 is 2.21 bits per heavy atom. The minimum absolute atomic E-state index is 0.178. The minimum atomic E-state index is -3.53. The molecule has 0 saturated heterocycles. The largest absolute Gasteiger partial charge is 0.322 e. The van der Waals surface area contributed by atoms with Crippen LogP contribution in [0.2, 0.25) is 0 Å². The number of anilines is 1. The van der Waals surface area contributed by atoms with Gasteiger partial charge in [0.25, 0.3) is 5.91 Å². The van der Waals surface area contributed by atoms with Crippen molar-refractivity contribution in [3.05, 3.63) is 72.8 Å². The van der Waals surface area contributed by atoms with Crippen molar-refractivity contribution in [2.75, 3.05) is 18.4 Å². The third kappa shape index (κ3) is 4.13. The number of nitrogens with zero attached hydrogens (tertiary/aromatic N) is 3. The Morgan fingerprint density at radius 2 is 1.68 bits per heavy atom. The Balaban J connectivity index is 1.71. The number of sulfonamides is 1. The van der Waals surface area contributed by atoms with Crippen LogP contribution in [0.5, 0.6) is 0 Å². The fourth-order valence-corrected chi connectivity index (χ4v) is 4.28. The summed E-state index contributed by atoms with van der Waals surface area (Å²) >= 11 is 0. The predicted octanol–water partition coefficient (Wildman–Crippen LogP) is 3.16. The summed E-state index contributed by atoms with van der Waals surface area (Å²) in [5.41, 5.74) is 1.97. The summed E-state index contributed by atoms with van der Waals surface area (Å²) < 4.78 is 28.3. The summed E-state index contributed by atoms with van der Waals surface area (Å²) in [6.07, 6.45) is 5.22. The summed E-state index contributed by atoms with van der Waals surface area (Å²) in [7, 11) is -3.53. The zero-order valence-corrected chi connectivity index (χ0v) is 16.6. The first-order valence-corrected chi connectivity index (χ1v) is 10.4. The van der Waals surface area contributed by atoms with Crippen LogP contribution in [-0.2, 0) is 10.0 Å². The van der Waals surface area contributed by atoms with Crippen molar-refractivity contribution in [2.24, 2.45) is 0 Å². The van der Waals surface area contributed by atoms with E-state index in [0.29, 0.717) is 24.3 Å². The molecule has 28 heavy (non-hydrogen) atoms. The highest BCUT2D eigenvalue weighted by Gasteiger charge is 2.21. The van der Waals surface area contributed by atoms with Gasteiger partial charge in [0, 0.05) is 42.4 Å². The highest BCUT2D eigenvalue weighted by Crippen LogP contribution is 2.18. The van der Waals surface area contributed by atoms with Crippen LogP contribution < -0.4 is 5.32 Å². The Kier molecular flexibility index (Phi) is 5.91. The van der Waals surface area contributed by atoms with Crippen LogP contribution in [0.4, 0.5) is 5.69 Å². The molecule has 3 aromatic rings. The zero-order chi connectivity index (χ0) is 20.1. The maximum absolute atomic E-state index is 12.5. The molecule has 2 aromatic carbocycles. The van der Waals surface area contributed by atoms with Crippen molar-refractivity contribution in [3.63, 3.8) is 0 Å². The first-order chi connectivity index (χ1) is 13.5. The molecule has 0 saturated carbocycles. The number of carbonyl (C=O) groups excluding carboxylic acids is 1. The van der Waals surface area contributed by atoms with Crippen LogP contribution >= 0.6 is 0 Å². The maximum Gasteiger partial charge on any atom is 0.255 e. The average molecular weight is 398 g/mol. The lowest BCUT2D eigenvalue weighted by Crippen LogP contribution is -2.30. The van der Waals surface area contributed by atoms with E-state index < -0.39 is 10.0 Å². The van der Waals surface area contributed by atoms with Crippen LogP contribution in [0.1, 0.15) is 24.2 Å². The number of nitrogens with one attached hydrogen (secondary N) is 1. The van der Waals surface area contributed by atoms with Crippen LogP contribution in [0.15, 0.2) is 72.1 Å². The van der Waals surface area contributed by atoms with Crippen molar-refractivity contribution in [2.45, 2.75) is 18.7 Å². The quantitative estimate of drug-likeness (QED) is 0.663. The van der Waals surface area contributed by atoms with Gasteiger partial charge in [0.15, 0.2) is 0 Å². The van der Waals surface area contributed by atoms with E-state index in [1.165, 1.54) is 28.6 Å². The van der Waals surface area contributed by atoms with Gasteiger partial charge >= 0.3 is 0 Å². The van der Waals surface area contributed by atoms with Crippen LogP contribution in [0, 0.1) is 0 Å². The summed E-state index contributed by atoms with van der Waals surface area (Å²) in [4.78, 5) is 16.6. The Labute approximate surface area is 164 Å². The average Bonchev–Trinajstić information content (AvgIpc) is 3.24. The van der Waals surface area contributed by atoms with Crippen molar-refractivity contribution in [3.8, 4) is 5.69 Å². The molecule has 0 unspecified atom stereocenters. The van der Waals surface area contributed by atoms with Gasteiger partial charge in [-0.2, -0.15) is 4.31 Å². The van der Waals surface area contributed by atoms with E-state index in [0.717, 1.165) is 5.69 Å². The zero-order valence-electron chi connectivity index (χ0n) is 15.7. The number of carbonyl (C=O) groups is 1. The molecule has 3 rings (SSSR count). The fourth-order valence-electron chi connectivity index (χ4n) is 2.82. The second-order valence-corrected chi connectivity index (χ2v) is 8.02. The maximum atomic E-state index is 12.5. The second kappa shape index (κ2) is 8.37. The molecule has 8 heteroatoms. The van der Waals surface area contributed by atoms with E-state index in [4.69, 9.17) is 0 Å². The highest BCUT2D eigenvalue weighted by atomic mass is 32.2. The lowest BCUT2D eigenvalue weighted by atomic mass is 10.2. The van der Waals surface area contributed by atoms with Crippen LogP contribution in [0.25, 0.3) is 5.69 Å². The SMILES string of the molecule is CCN(CC)S(=O)(=O)c1ccc(C(=O)Nc2ccc(-n3ccnc3)cc2)cc1. The van der Waals surface area contributed by atoms with Crippen molar-refractivity contribution < 1.29 is 13.2 Å². The lowest BCUT2D eigenvalue weighted by molar-refractivity contribution is 0.102. The Hall–Kier alpha value is -2.97. The van der Waals surface area contributed by atoms with E-state index >= 15 is 0 Å². The standard InChI is InChI=1S/C20H22N4O3S/c1-3-24(4-2)28(26,27)19-11-5-16(6-12-19)20(25)22-17-7-9-18(10-8-17)23-14-13-21-15-23/h5-15H,3-4H2,1-2H3,(H,22,25). The molecule has 0 bridgehead atoms. The molecule has 146 valence electrons. The Morgan fingerprint density at radius 1 is 1.04 bits per heavy atom. The summed E-state index contributed by atoms with van der Waals surface area (Å²) in [5.74, 6) is -0.304. The number of aromatic nitrogens is 2. The molecule has 1 aromatic heterocycles. The number of amides is 1. The number of rotatable bonds is 7. The molecule has 1 N–H and O–H groups in total. The van der Waals surface area contributed by atoms with Gasteiger partial charge in [-0.3, -0.25) is 4.79 Å². The van der Waals surface area contributed by atoms with Crippen LogP contribution in [-0.4, -0.2) is 41.3 Å².